The number of imidazole rings is 1. The van der Waals surface area contributed by atoms with Crippen LogP contribution in [-0.2, 0) is 23.1 Å². The third kappa shape index (κ3) is 5.48. The number of aromatic nitrogens is 2. The van der Waals surface area contributed by atoms with Crippen molar-refractivity contribution in [2.24, 2.45) is 0 Å². The quantitative estimate of drug-likeness (QED) is 0.434. The first kappa shape index (κ1) is 22.3. The van der Waals surface area contributed by atoms with Gasteiger partial charge in [-0.25, -0.2) is 13.4 Å². The summed E-state index contributed by atoms with van der Waals surface area (Å²) in [5.41, 5.74) is 3.72. The fourth-order valence-corrected chi connectivity index (χ4v) is 4.41. The highest BCUT2D eigenvalue weighted by atomic mass is 32.2. The molecule has 0 unspecified atom stereocenters. The number of nitrogens with zero attached hydrogens (tertiary/aromatic N) is 3. The second-order valence-electron chi connectivity index (χ2n) is 7.58. The minimum Gasteiger partial charge on any atom is -0.348 e. The molecule has 4 aromatic rings. The van der Waals surface area contributed by atoms with E-state index in [1.807, 2.05) is 65.4 Å². The summed E-state index contributed by atoms with van der Waals surface area (Å²) in [4.78, 5) is 16.8. The van der Waals surface area contributed by atoms with Gasteiger partial charge in [0.15, 0.2) is 0 Å². The van der Waals surface area contributed by atoms with Crippen LogP contribution in [0.3, 0.4) is 0 Å². The lowest BCUT2D eigenvalue weighted by molar-refractivity contribution is 0.0951. The highest BCUT2D eigenvalue weighted by molar-refractivity contribution is 7.92. The summed E-state index contributed by atoms with van der Waals surface area (Å²) in [5, 5.41) is 2.93. The highest BCUT2D eigenvalue weighted by Crippen LogP contribution is 2.21. The van der Waals surface area contributed by atoms with Crippen LogP contribution in [0.15, 0.2) is 97.6 Å². The molecule has 33 heavy (non-hydrogen) atoms. The lowest BCUT2D eigenvalue weighted by atomic mass is 10.1. The average molecular weight is 461 g/mol. The maximum Gasteiger partial charge on any atom is 0.251 e. The summed E-state index contributed by atoms with van der Waals surface area (Å²) < 4.78 is 28.0. The first-order valence-corrected chi connectivity index (χ1v) is 12.2. The first-order chi connectivity index (χ1) is 15.9. The summed E-state index contributed by atoms with van der Waals surface area (Å²) >= 11 is 0. The number of sulfonamides is 1. The second-order valence-corrected chi connectivity index (χ2v) is 9.49. The molecular formula is C25H24N4O3S. The fraction of sp³-hybridized carbons (Fsp3) is 0.120. The van der Waals surface area contributed by atoms with E-state index in [9.17, 15) is 13.2 Å². The molecule has 0 aliphatic rings. The number of amides is 1. The van der Waals surface area contributed by atoms with Crippen LogP contribution in [-0.4, -0.2) is 30.1 Å². The van der Waals surface area contributed by atoms with Crippen molar-refractivity contribution in [1.29, 1.82) is 0 Å². The molecule has 8 heteroatoms. The minimum atomic E-state index is -3.50. The maximum atomic E-state index is 12.7. The summed E-state index contributed by atoms with van der Waals surface area (Å²) in [5.74, 6) is -0.240. The molecule has 168 valence electrons. The Kier molecular flexibility index (Phi) is 6.55. The van der Waals surface area contributed by atoms with Gasteiger partial charge in [-0.1, -0.05) is 48.5 Å². The van der Waals surface area contributed by atoms with Gasteiger partial charge in [0.25, 0.3) is 5.91 Å². The Hall–Kier alpha value is -3.91. The molecule has 0 spiro atoms. The van der Waals surface area contributed by atoms with E-state index in [1.54, 1.807) is 36.8 Å². The molecule has 3 aromatic carbocycles. The number of anilines is 1. The van der Waals surface area contributed by atoms with E-state index >= 15 is 0 Å². The largest absolute Gasteiger partial charge is 0.348 e. The summed E-state index contributed by atoms with van der Waals surface area (Å²) in [6.07, 6.45) is 6.44. The SMILES string of the molecule is CS(=O)(=O)N(Cc1ccccc1)c1ccc(C(=O)NCc2ccccc2-n2ccnc2)cc1. The monoisotopic (exact) mass is 460 g/mol. The molecule has 0 bridgehead atoms. The van der Waals surface area contributed by atoms with E-state index in [4.69, 9.17) is 0 Å². The zero-order chi connectivity index (χ0) is 23.3. The van der Waals surface area contributed by atoms with Crippen molar-refractivity contribution in [1.82, 2.24) is 14.9 Å². The molecule has 0 saturated carbocycles. The van der Waals surface area contributed by atoms with Crippen LogP contribution in [0, 0.1) is 0 Å². The standard InChI is InChI=1S/C25H24N4O3S/c1-33(31,32)29(18-20-7-3-2-4-8-20)23-13-11-21(12-14-23)25(30)27-17-22-9-5-6-10-24(22)28-16-15-26-19-28/h2-16,19H,17-18H2,1H3,(H,27,30). The van der Waals surface area contributed by atoms with Crippen LogP contribution in [0.4, 0.5) is 5.69 Å². The van der Waals surface area contributed by atoms with Crippen LogP contribution in [0.25, 0.3) is 5.69 Å². The topological polar surface area (TPSA) is 84.3 Å². The van der Waals surface area contributed by atoms with E-state index in [-0.39, 0.29) is 12.5 Å². The Morgan fingerprint density at radius 2 is 1.67 bits per heavy atom. The van der Waals surface area contributed by atoms with E-state index in [0.717, 1.165) is 16.8 Å². The number of para-hydroxylation sites is 1. The van der Waals surface area contributed by atoms with Gasteiger partial charge in [0.1, 0.15) is 0 Å². The molecule has 1 aromatic heterocycles. The number of benzene rings is 3. The van der Waals surface area contributed by atoms with Gasteiger partial charge < -0.3 is 9.88 Å². The first-order valence-electron chi connectivity index (χ1n) is 10.4. The van der Waals surface area contributed by atoms with Crippen LogP contribution in [0.2, 0.25) is 0 Å². The van der Waals surface area contributed by atoms with Crippen LogP contribution >= 0.6 is 0 Å². The number of rotatable bonds is 8. The van der Waals surface area contributed by atoms with Crippen molar-refractivity contribution >= 4 is 21.6 Å². The predicted molar refractivity (Wildman–Crippen MR) is 129 cm³/mol. The van der Waals surface area contributed by atoms with Crippen molar-refractivity contribution < 1.29 is 13.2 Å². The molecule has 4 rings (SSSR count). The van der Waals surface area contributed by atoms with Crippen LogP contribution in [0.1, 0.15) is 21.5 Å². The lowest BCUT2D eigenvalue weighted by Crippen LogP contribution is -2.29. The summed E-state index contributed by atoms with van der Waals surface area (Å²) in [6.45, 7) is 0.564. The second kappa shape index (κ2) is 9.70. The molecule has 1 amide bonds. The van der Waals surface area contributed by atoms with Gasteiger partial charge in [-0.05, 0) is 41.5 Å². The van der Waals surface area contributed by atoms with E-state index in [0.29, 0.717) is 17.8 Å². The van der Waals surface area contributed by atoms with Gasteiger partial charge in [-0.2, -0.15) is 0 Å². The Bertz CT molecular complexity index is 1320. The van der Waals surface area contributed by atoms with Crippen molar-refractivity contribution in [2.45, 2.75) is 13.1 Å². The Balaban J connectivity index is 1.47. The molecule has 0 aliphatic heterocycles. The molecule has 1 N–H and O–H groups in total. The molecule has 0 radical (unpaired) electrons. The van der Waals surface area contributed by atoms with Gasteiger partial charge in [0.05, 0.1) is 30.5 Å². The molecule has 1 heterocycles. The average Bonchev–Trinajstić information content (AvgIpc) is 3.36. The van der Waals surface area contributed by atoms with Gasteiger partial charge in [-0.15, -0.1) is 0 Å². The van der Waals surface area contributed by atoms with Gasteiger partial charge in [0.2, 0.25) is 10.0 Å². The predicted octanol–water partition coefficient (Wildman–Crippen LogP) is 3.77. The summed E-state index contributed by atoms with van der Waals surface area (Å²) in [6, 6.07) is 23.7. The van der Waals surface area contributed by atoms with E-state index in [2.05, 4.69) is 10.3 Å². The van der Waals surface area contributed by atoms with Crippen molar-refractivity contribution in [2.75, 3.05) is 10.6 Å². The lowest BCUT2D eigenvalue weighted by Gasteiger charge is -2.22. The zero-order valence-electron chi connectivity index (χ0n) is 18.1. The van der Waals surface area contributed by atoms with Crippen molar-refractivity contribution in [3.63, 3.8) is 0 Å². The molecule has 0 atom stereocenters. The van der Waals surface area contributed by atoms with Gasteiger partial charge in [-0.3, -0.25) is 9.10 Å². The summed E-state index contributed by atoms with van der Waals surface area (Å²) in [7, 11) is -3.50. The Morgan fingerprint density at radius 1 is 0.970 bits per heavy atom. The molecule has 0 fully saturated rings. The van der Waals surface area contributed by atoms with Crippen LogP contribution < -0.4 is 9.62 Å². The number of hydrogen-bond acceptors (Lipinski definition) is 4. The number of hydrogen-bond donors (Lipinski definition) is 1. The van der Waals surface area contributed by atoms with E-state index in [1.165, 1.54) is 10.6 Å². The van der Waals surface area contributed by atoms with Crippen molar-refractivity contribution in [3.8, 4) is 5.69 Å². The van der Waals surface area contributed by atoms with Gasteiger partial charge >= 0.3 is 0 Å². The molecular weight excluding hydrogens is 436 g/mol. The third-order valence-electron chi connectivity index (χ3n) is 5.20. The molecule has 7 nitrogen and oxygen atoms in total. The zero-order valence-corrected chi connectivity index (χ0v) is 18.9. The number of carbonyl (C=O) groups excluding carboxylic acids is 1. The highest BCUT2D eigenvalue weighted by Gasteiger charge is 2.18. The molecule has 0 aliphatic carbocycles. The van der Waals surface area contributed by atoms with E-state index < -0.39 is 10.0 Å². The normalized spacial score (nSPS) is 11.2. The van der Waals surface area contributed by atoms with Gasteiger partial charge in [0, 0.05) is 24.5 Å². The number of nitrogens with one attached hydrogen (secondary N) is 1. The number of carbonyl (C=O) groups is 1. The third-order valence-corrected chi connectivity index (χ3v) is 6.34. The Morgan fingerprint density at radius 3 is 2.33 bits per heavy atom. The Labute approximate surface area is 193 Å². The fourth-order valence-electron chi connectivity index (χ4n) is 3.52. The smallest absolute Gasteiger partial charge is 0.251 e. The van der Waals surface area contributed by atoms with Crippen molar-refractivity contribution in [3.05, 3.63) is 114 Å². The van der Waals surface area contributed by atoms with Crippen LogP contribution in [0.5, 0.6) is 0 Å². The minimum absolute atomic E-state index is 0.219. The maximum absolute atomic E-state index is 12.7. The molecule has 0 saturated heterocycles.